The van der Waals surface area contributed by atoms with Crippen LogP contribution in [0.2, 0.25) is 5.02 Å². The number of carbonyl (C=O) groups is 1. The Hall–Kier alpha value is -1.06. The van der Waals surface area contributed by atoms with Crippen molar-refractivity contribution in [3.05, 3.63) is 28.8 Å². The minimum absolute atomic E-state index is 0.291. The summed E-state index contributed by atoms with van der Waals surface area (Å²) in [6.07, 6.45) is 1.26. The third-order valence-electron chi connectivity index (χ3n) is 2.62. The van der Waals surface area contributed by atoms with Gasteiger partial charge in [0.1, 0.15) is 0 Å². The first-order chi connectivity index (χ1) is 7.20. The Morgan fingerprint density at radius 2 is 2.33 bits per heavy atom. The van der Waals surface area contributed by atoms with E-state index in [1.165, 1.54) is 0 Å². The van der Waals surface area contributed by atoms with Crippen LogP contribution in [0.3, 0.4) is 0 Å². The van der Waals surface area contributed by atoms with Gasteiger partial charge in [-0.25, -0.2) is 0 Å². The first-order valence-electron chi connectivity index (χ1n) is 4.88. The average molecular weight is 226 g/mol. The molecule has 1 aromatic rings. The van der Waals surface area contributed by atoms with Gasteiger partial charge < -0.3 is 10.0 Å². The summed E-state index contributed by atoms with van der Waals surface area (Å²) in [4.78, 5) is 12.9. The normalized spacial score (nSPS) is 20.7. The zero-order chi connectivity index (χ0) is 10.8. The fraction of sp³-hybridized carbons (Fsp3) is 0.364. The van der Waals surface area contributed by atoms with Crippen LogP contribution in [0.15, 0.2) is 18.2 Å². The van der Waals surface area contributed by atoms with E-state index in [0.29, 0.717) is 17.1 Å². The number of benzene rings is 1. The summed E-state index contributed by atoms with van der Waals surface area (Å²) >= 11 is 5.80. The van der Waals surface area contributed by atoms with E-state index in [2.05, 4.69) is 0 Å². The van der Waals surface area contributed by atoms with Crippen molar-refractivity contribution in [1.82, 2.24) is 0 Å². The summed E-state index contributed by atoms with van der Waals surface area (Å²) in [6, 6.07) is 5.23. The molecule has 3 nitrogen and oxygen atoms in total. The predicted molar refractivity (Wildman–Crippen MR) is 59.7 cm³/mol. The molecule has 2 rings (SSSR count). The smallest absolute Gasteiger partial charge is 0.152 e. The van der Waals surface area contributed by atoms with E-state index in [1.54, 1.807) is 12.1 Å². The molecule has 1 N–H and O–H groups in total. The molecular formula is C11H12ClNO2. The van der Waals surface area contributed by atoms with Gasteiger partial charge in [-0.15, -0.1) is 0 Å². The first kappa shape index (κ1) is 10.5. The standard InChI is InChI=1S/C11H12ClNO2/c12-9-1-2-11(8(5-9)7-14)13-4-3-10(15)6-13/h1-2,5,7,10,15H,3-4,6H2. The Kier molecular flexibility index (Phi) is 2.93. The number of aliphatic hydroxyl groups is 1. The molecule has 80 valence electrons. The van der Waals surface area contributed by atoms with Crippen molar-refractivity contribution in [2.75, 3.05) is 18.0 Å². The fourth-order valence-corrected chi connectivity index (χ4v) is 2.05. The summed E-state index contributed by atoms with van der Waals surface area (Å²) in [5.41, 5.74) is 1.43. The lowest BCUT2D eigenvalue weighted by atomic mass is 10.2. The van der Waals surface area contributed by atoms with Crippen LogP contribution in [0, 0.1) is 0 Å². The molecule has 1 aliphatic rings. The maximum Gasteiger partial charge on any atom is 0.152 e. The van der Waals surface area contributed by atoms with Gasteiger partial charge in [-0.1, -0.05) is 11.6 Å². The van der Waals surface area contributed by atoms with Gasteiger partial charge in [-0.3, -0.25) is 4.79 Å². The predicted octanol–water partition coefficient (Wildman–Crippen LogP) is 1.72. The third kappa shape index (κ3) is 2.13. The van der Waals surface area contributed by atoms with Gasteiger partial charge in [-0.05, 0) is 24.6 Å². The van der Waals surface area contributed by atoms with Crippen molar-refractivity contribution in [2.45, 2.75) is 12.5 Å². The van der Waals surface area contributed by atoms with Crippen LogP contribution in [-0.4, -0.2) is 30.6 Å². The highest BCUT2D eigenvalue weighted by Crippen LogP contribution is 2.26. The second-order valence-electron chi connectivity index (χ2n) is 3.71. The van der Waals surface area contributed by atoms with Crippen LogP contribution < -0.4 is 4.90 Å². The molecule has 0 radical (unpaired) electrons. The van der Waals surface area contributed by atoms with Crippen molar-refractivity contribution in [2.24, 2.45) is 0 Å². The van der Waals surface area contributed by atoms with Gasteiger partial charge in [0.2, 0.25) is 0 Å². The highest BCUT2D eigenvalue weighted by Gasteiger charge is 2.22. The van der Waals surface area contributed by atoms with E-state index < -0.39 is 0 Å². The number of rotatable bonds is 2. The van der Waals surface area contributed by atoms with Crippen molar-refractivity contribution in [3.63, 3.8) is 0 Å². The van der Waals surface area contributed by atoms with Crippen LogP contribution in [0.4, 0.5) is 5.69 Å². The maximum absolute atomic E-state index is 10.9. The van der Waals surface area contributed by atoms with Crippen LogP contribution in [0.1, 0.15) is 16.8 Å². The Labute approximate surface area is 93.3 Å². The number of anilines is 1. The van der Waals surface area contributed by atoms with Crippen molar-refractivity contribution in [3.8, 4) is 0 Å². The molecule has 1 aromatic carbocycles. The van der Waals surface area contributed by atoms with Crippen molar-refractivity contribution < 1.29 is 9.90 Å². The monoisotopic (exact) mass is 225 g/mol. The molecule has 0 bridgehead atoms. The van der Waals surface area contributed by atoms with E-state index in [-0.39, 0.29) is 6.10 Å². The van der Waals surface area contributed by atoms with Gasteiger partial charge in [0, 0.05) is 29.4 Å². The summed E-state index contributed by atoms with van der Waals surface area (Å²) in [5.74, 6) is 0. The number of β-amino-alcohol motifs (C(OH)–C–C–N with tert-alkyl or cyclic N) is 1. The number of hydrogen-bond donors (Lipinski definition) is 1. The number of aliphatic hydroxyl groups excluding tert-OH is 1. The Balaban J connectivity index is 2.31. The molecule has 15 heavy (non-hydrogen) atoms. The van der Waals surface area contributed by atoms with Crippen LogP contribution in [0.5, 0.6) is 0 Å². The van der Waals surface area contributed by atoms with Crippen molar-refractivity contribution in [1.29, 1.82) is 0 Å². The quantitative estimate of drug-likeness (QED) is 0.780. The molecule has 0 aromatic heterocycles. The molecule has 0 spiro atoms. The Morgan fingerprint density at radius 1 is 1.53 bits per heavy atom. The summed E-state index contributed by atoms with van der Waals surface area (Å²) in [6.45, 7) is 1.37. The van der Waals surface area contributed by atoms with Crippen LogP contribution in [-0.2, 0) is 0 Å². The topological polar surface area (TPSA) is 40.5 Å². The zero-order valence-corrected chi connectivity index (χ0v) is 8.94. The summed E-state index contributed by atoms with van der Waals surface area (Å²) < 4.78 is 0. The second kappa shape index (κ2) is 4.21. The van der Waals surface area contributed by atoms with Gasteiger partial charge in [-0.2, -0.15) is 0 Å². The first-order valence-corrected chi connectivity index (χ1v) is 5.26. The second-order valence-corrected chi connectivity index (χ2v) is 4.15. The molecule has 0 aliphatic carbocycles. The minimum Gasteiger partial charge on any atom is -0.391 e. The van der Waals surface area contributed by atoms with Gasteiger partial charge in [0.25, 0.3) is 0 Å². The molecular weight excluding hydrogens is 214 g/mol. The molecule has 0 saturated carbocycles. The average Bonchev–Trinajstić information content (AvgIpc) is 2.64. The van der Waals surface area contributed by atoms with Crippen LogP contribution in [0.25, 0.3) is 0 Å². The number of halogens is 1. The van der Waals surface area contributed by atoms with E-state index >= 15 is 0 Å². The van der Waals surface area contributed by atoms with E-state index in [4.69, 9.17) is 11.6 Å². The van der Waals surface area contributed by atoms with E-state index in [0.717, 1.165) is 24.9 Å². The number of nitrogens with zero attached hydrogens (tertiary/aromatic N) is 1. The molecule has 1 heterocycles. The lowest BCUT2D eigenvalue weighted by molar-refractivity contribution is 0.112. The Bertz CT molecular complexity index is 381. The van der Waals surface area contributed by atoms with E-state index in [1.807, 2.05) is 11.0 Å². The lowest BCUT2D eigenvalue weighted by Gasteiger charge is -2.19. The van der Waals surface area contributed by atoms with Crippen LogP contribution >= 0.6 is 11.6 Å². The molecule has 1 fully saturated rings. The minimum atomic E-state index is -0.291. The molecule has 1 aliphatic heterocycles. The zero-order valence-electron chi connectivity index (χ0n) is 8.19. The number of carbonyl (C=O) groups excluding carboxylic acids is 1. The number of aldehydes is 1. The molecule has 1 saturated heterocycles. The lowest BCUT2D eigenvalue weighted by Crippen LogP contribution is -2.22. The number of hydrogen-bond acceptors (Lipinski definition) is 3. The molecule has 1 atom stereocenters. The molecule has 1 unspecified atom stereocenters. The SMILES string of the molecule is O=Cc1cc(Cl)ccc1N1CCC(O)C1. The molecule has 0 amide bonds. The van der Waals surface area contributed by atoms with Gasteiger partial charge >= 0.3 is 0 Å². The summed E-state index contributed by atoms with van der Waals surface area (Å²) in [5, 5.41) is 9.98. The fourth-order valence-electron chi connectivity index (χ4n) is 1.87. The highest BCUT2D eigenvalue weighted by molar-refractivity contribution is 6.31. The van der Waals surface area contributed by atoms with Gasteiger partial charge in [0.05, 0.1) is 6.10 Å². The van der Waals surface area contributed by atoms with Gasteiger partial charge in [0.15, 0.2) is 6.29 Å². The van der Waals surface area contributed by atoms with Crippen molar-refractivity contribution >= 4 is 23.6 Å². The highest BCUT2D eigenvalue weighted by atomic mass is 35.5. The largest absolute Gasteiger partial charge is 0.391 e. The Morgan fingerprint density at radius 3 is 2.93 bits per heavy atom. The van der Waals surface area contributed by atoms with E-state index in [9.17, 15) is 9.90 Å². The third-order valence-corrected chi connectivity index (χ3v) is 2.86. The maximum atomic E-state index is 10.9. The molecule has 4 heteroatoms. The summed E-state index contributed by atoms with van der Waals surface area (Å²) in [7, 11) is 0.